The van der Waals surface area contributed by atoms with Crippen LogP contribution >= 0.6 is 0 Å². The van der Waals surface area contributed by atoms with Gasteiger partial charge in [0.05, 0.1) is 24.4 Å². The van der Waals surface area contributed by atoms with Gasteiger partial charge in [0.15, 0.2) is 5.78 Å². The van der Waals surface area contributed by atoms with Crippen LogP contribution in [0.4, 0.5) is 0 Å². The van der Waals surface area contributed by atoms with E-state index in [1.807, 2.05) is 6.07 Å². The molecule has 3 aliphatic rings. The van der Waals surface area contributed by atoms with Gasteiger partial charge in [0, 0.05) is 6.42 Å². The Morgan fingerprint density at radius 3 is 2.59 bits per heavy atom. The monoisotopic (exact) mass is 438 g/mol. The van der Waals surface area contributed by atoms with Gasteiger partial charge in [0.1, 0.15) is 0 Å². The number of ketones is 1. The third-order valence-electron chi connectivity index (χ3n) is 8.16. The Balaban J connectivity index is 1.33. The minimum atomic E-state index is -0.103. The summed E-state index contributed by atoms with van der Waals surface area (Å²) >= 11 is 0. The molecule has 0 bridgehead atoms. The fourth-order valence-corrected chi connectivity index (χ4v) is 6.47. The molecule has 3 nitrogen and oxygen atoms in total. The molecule has 0 spiro atoms. The molecule has 32 heavy (non-hydrogen) atoms. The minimum Gasteiger partial charge on any atom is -0.374 e. The number of allylic oxidation sites excluding steroid dienone is 2. The molecular formula is C29H42O3. The van der Waals surface area contributed by atoms with Crippen LogP contribution in [-0.4, -0.2) is 23.6 Å². The summed E-state index contributed by atoms with van der Waals surface area (Å²) in [5.41, 5.74) is 4.01. The molecule has 5 atom stereocenters. The number of hydrogen-bond acceptors (Lipinski definition) is 3. The number of Topliss-reactive ketones (excluding diaryl/α,β-unsaturated/α-hetero) is 1. The average Bonchev–Trinajstić information content (AvgIpc) is 3.19. The lowest BCUT2D eigenvalue weighted by atomic mass is 9.63. The lowest BCUT2D eigenvalue weighted by Gasteiger charge is -2.45. The van der Waals surface area contributed by atoms with Crippen molar-refractivity contribution in [2.24, 2.45) is 17.3 Å². The van der Waals surface area contributed by atoms with E-state index in [0.717, 1.165) is 44.9 Å². The Hall–Kier alpha value is -1.45. The van der Waals surface area contributed by atoms with Crippen LogP contribution in [0, 0.1) is 17.3 Å². The molecule has 0 saturated heterocycles. The van der Waals surface area contributed by atoms with E-state index in [1.54, 1.807) is 0 Å². The van der Waals surface area contributed by atoms with Crippen molar-refractivity contribution >= 4 is 5.78 Å². The summed E-state index contributed by atoms with van der Waals surface area (Å²) in [5, 5.41) is 0. The van der Waals surface area contributed by atoms with Crippen LogP contribution in [0.5, 0.6) is 0 Å². The first-order valence-corrected chi connectivity index (χ1v) is 12.7. The normalized spacial score (nSPS) is 31.0. The van der Waals surface area contributed by atoms with Crippen molar-refractivity contribution < 1.29 is 14.3 Å². The number of carbonyl (C=O) groups excluding carboxylic acids is 1. The molecule has 0 aliphatic heterocycles. The standard InChI is InChI=1S/C29H42O3/c1-20(31-19-21-11-7-6-8-12-21)10-9-13-24-25-17-23-14-15-27(32-28(2,3)4)29(23,5)18-22(25)16-26(24)30/h6-8,11-12,20,22-23,27H,9-10,13-19H2,1-5H3/t20-,22+,23-,27-,29-/m0/s1. The molecule has 1 aromatic rings. The van der Waals surface area contributed by atoms with Crippen LogP contribution in [-0.2, 0) is 20.9 Å². The summed E-state index contributed by atoms with van der Waals surface area (Å²) < 4.78 is 12.5. The number of rotatable bonds is 8. The minimum absolute atomic E-state index is 0.103. The van der Waals surface area contributed by atoms with Crippen molar-refractivity contribution in [1.29, 1.82) is 0 Å². The van der Waals surface area contributed by atoms with E-state index >= 15 is 0 Å². The lowest BCUT2D eigenvalue weighted by Crippen LogP contribution is -2.42. The maximum atomic E-state index is 12.9. The smallest absolute Gasteiger partial charge is 0.159 e. The molecule has 0 unspecified atom stereocenters. The highest BCUT2D eigenvalue weighted by Gasteiger charge is 2.54. The molecule has 176 valence electrons. The zero-order chi connectivity index (χ0) is 22.9. The molecule has 1 aromatic carbocycles. The maximum absolute atomic E-state index is 12.9. The van der Waals surface area contributed by atoms with Crippen LogP contribution in [0.25, 0.3) is 0 Å². The van der Waals surface area contributed by atoms with Gasteiger partial charge in [0.25, 0.3) is 0 Å². The molecule has 2 saturated carbocycles. The summed E-state index contributed by atoms with van der Waals surface area (Å²) in [6, 6.07) is 10.3. The van der Waals surface area contributed by atoms with E-state index in [-0.39, 0.29) is 17.1 Å². The number of benzene rings is 1. The van der Waals surface area contributed by atoms with Crippen molar-refractivity contribution in [1.82, 2.24) is 0 Å². The number of fused-ring (bicyclic) bond motifs is 2. The summed E-state index contributed by atoms with van der Waals surface area (Å²) in [6.45, 7) is 11.7. The van der Waals surface area contributed by atoms with Gasteiger partial charge in [-0.1, -0.05) is 42.8 Å². The number of carbonyl (C=O) groups is 1. The van der Waals surface area contributed by atoms with Crippen LogP contribution in [0.2, 0.25) is 0 Å². The van der Waals surface area contributed by atoms with Gasteiger partial charge >= 0.3 is 0 Å². The van der Waals surface area contributed by atoms with Crippen molar-refractivity contribution in [3.05, 3.63) is 47.0 Å². The summed E-state index contributed by atoms with van der Waals surface area (Å²) in [5.74, 6) is 1.53. The van der Waals surface area contributed by atoms with Gasteiger partial charge in [-0.25, -0.2) is 0 Å². The van der Waals surface area contributed by atoms with E-state index in [9.17, 15) is 4.79 Å². The highest BCUT2D eigenvalue weighted by molar-refractivity contribution is 5.99. The second-order valence-electron chi connectivity index (χ2n) is 11.7. The van der Waals surface area contributed by atoms with Crippen molar-refractivity contribution in [3.63, 3.8) is 0 Å². The fourth-order valence-electron chi connectivity index (χ4n) is 6.47. The second-order valence-corrected chi connectivity index (χ2v) is 11.7. The molecule has 2 fully saturated rings. The Bertz CT molecular complexity index is 834. The highest BCUT2D eigenvalue weighted by Crippen LogP contribution is 2.59. The Labute approximate surface area is 195 Å². The molecule has 0 heterocycles. The van der Waals surface area contributed by atoms with Gasteiger partial charge < -0.3 is 9.47 Å². The predicted octanol–water partition coefficient (Wildman–Crippen LogP) is 7.04. The lowest BCUT2D eigenvalue weighted by molar-refractivity contribution is -0.121. The quantitative estimate of drug-likeness (QED) is 0.436. The number of ether oxygens (including phenoxy) is 2. The third-order valence-corrected chi connectivity index (χ3v) is 8.16. The largest absolute Gasteiger partial charge is 0.374 e. The van der Waals surface area contributed by atoms with Crippen LogP contribution in [0.1, 0.15) is 91.5 Å². The van der Waals surface area contributed by atoms with E-state index in [0.29, 0.717) is 30.3 Å². The van der Waals surface area contributed by atoms with E-state index in [2.05, 4.69) is 58.9 Å². The van der Waals surface area contributed by atoms with Crippen molar-refractivity contribution in [3.8, 4) is 0 Å². The zero-order valence-corrected chi connectivity index (χ0v) is 20.8. The zero-order valence-electron chi connectivity index (χ0n) is 20.8. The van der Waals surface area contributed by atoms with E-state index in [4.69, 9.17) is 9.47 Å². The van der Waals surface area contributed by atoms with Crippen LogP contribution < -0.4 is 0 Å². The fraction of sp³-hybridized carbons (Fsp3) is 0.690. The molecule has 0 amide bonds. The van der Waals surface area contributed by atoms with Crippen molar-refractivity contribution in [2.45, 2.75) is 110 Å². The number of hydrogen-bond donors (Lipinski definition) is 0. The molecule has 0 radical (unpaired) electrons. The summed E-state index contributed by atoms with van der Waals surface area (Å²) in [6.07, 6.45) is 8.88. The molecule has 3 heteroatoms. The first kappa shape index (κ1) is 23.7. The SMILES string of the molecule is C[C@@H](CCCC1=C2C[C@@H]3CC[C@H](OC(C)(C)C)[C@@]3(C)C[C@H]2CC1=O)OCc1ccccc1. The van der Waals surface area contributed by atoms with Gasteiger partial charge in [-0.2, -0.15) is 0 Å². The predicted molar refractivity (Wildman–Crippen MR) is 129 cm³/mol. The van der Waals surface area contributed by atoms with Gasteiger partial charge in [-0.3, -0.25) is 4.79 Å². The Morgan fingerprint density at radius 1 is 1.12 bits per heavy atom. The Morgan fingerprint density at radius 2 is 1.88 bits per heavy atom. The van der Waals surface area contributed by atoms with Crippen LogP contribution in [0.15, 0.2) is 41.5 Å². The van der Waals surface area contributed by atoms with E-state index < -0.39 is 0 Å². The summed E-state index contributed by atoms with van der Waals surface area (Å²) in [4.78, 5) is 12.9. The second kappa shape index (κ2) is 9.43. The average molecular weight is 439 g/mol. The molecule has 0 aromatic heterocycles. The first-order valence-electron chi connectivity index (χ1n) is 12.7. The molecule has 0 N–H and O–H groups in total. The summed E-state index contributed by atoms with van der Waals surface area (Å²) in [7, 11) is 0. The van der Waals surface area contributed by atoms with Crippen molar-refractivity contribution in [2.75, 3.05) is 0 Å². The van der Waals surface area contributed by atoms with Gasteiger partial charge in [-0.05, 0) is 101 Å². The maximum Gasteiger partial charge on any atom is 0.159 e. The Kier molecular flexibility index (Phi) is 6.98. The highest BCUT2D eigenvalue weighted by atomic mass is 16.5. The van der Waals surface area contributed by atoms with Gasteiger partial charge in [0.2, 0.25) is 0 Å². The topological polar surface area (TPSA) is 35.5 Å². The molecular weight excluding hydrogens is 396 g/mol. The van der Waals surface area contributed by atoms with E-state index in [1.165, 1.54) is 23.1 Å². The molecule has 4 rings (SSSR count). The van der Waals surface area contributed by atoms with Gasteiger partial charge in [-0.15, -0.1) is 0 Å². The van der Waals surface area contributed by atoms with Crippen LogP contribution in [0.3, 0.4) is 0 Å². The first-order chi connectivity index (χ1) is 15.2. The molecule has 3 aliphatic carbocycles. The third kappa shape index (κ3) is 5.20.